The van der Waals surface area contributed by atoms with Gasteiger partial charge in [-0.1, -0.05) is 107 Å². The molecule has 32 nitrogen and oxygen atoms in total. The highest BCUT2D eigenvalue weighted by Gasteiger charge is 2.61. The number of carboxylic acids is 1. The zero-order chi connectivity index (χ0) is 67.8. The van der Waals surface area contributed by atoms with Crippen LogP contribution in [0.3, 0.4) is 0 Å². The zero-order valence-corrected chi connectivity index (χ0v) is 52.4. The molecule has 0 spiro atoms. The molecule has 20 atom stereocenters. The first-order chi connectivity index (χ1) is 45.3. The van der Waals surface area contributed by atoms with Crippen molar-refractivity contribution in [1.29, 1.82) is 0 Å². The quantitative estimate of drug-likeness (QED) is 0.0123. The molecule has 94 heavy (non-hydrogen) atoms. The molecule has 2 N–H and O–H groups in total. The van der Waals surface area contributed by atoms with Crippen LogP contribution in [0.1, 0.15) is 57.2 Å². The average Bonchev–Trinajstić information content (AvgIpc) is 0.765. The fraction of sp³-hybridized carbons (Fsp3) is 0.557. The van der Waals surface area contributed by atoms with Gasteiger partial charge in [-0.15, -0.1) is 18.2 Å². The molecule has 4 fully saturated rings. The van der Waals surface area contributed by atoms with E-state index in [9.17, 15) is 54.8 Å². The van der Waals surface area contributed by atoms with E-state index in [1.165, 1.54) is 0 Å². The van der Waals surface area contributed by atoms with Crippen LogP contribution in [-0.2, 0) is 134 Å². The Morgan fingerprint density at radius 2 is 1.00 bits per heavy atom. The predicted molar refractivity (Wildman–Crippen MR) is 316 cm³/mol. The number of allylic oxidation sites excluding steroid dienone is 1. The van der Waals surface area contributed by atoms with Gasteiger partial charge in [0.15, 0.2) is 49.6 Å². The fourth-order valence-electron chi connectivity index (χ4n) is 10.6. The minimum atomic E-state index is -2.10. The molecule has 7 rings (SSSR count). The van der Waals surface area contributed by atoms with E-state index in [1.54, 1.807) is 97.1 Å². The number of rotatable bonds is 32. The first-order valence-corrected chi connectivity index (χ1v) is 30.0. The normalized spacial score (nSPS) is 30.5. The number of hydrogen-bond donors (Lipinski definition) is 2. The second-order valence-electron chi connectivity index (χ2n) is 21.4. The minimum absolute atomic E-state index is 0.0501. The van der Waals surface area contributed by atoms with Gasteiger partial charge in [-0.25, -0.2) is 9.59 Å². The Morgan fingerprint density at radius 1 is 0.553 bits per heavy atom. The van der Waals surface area contributed by atoms with Crippen LogP contribution in [0, 0.1) is 0 Å². The Labute approximate surface area is 543 Å². The van der Waals surface area contributed by atoms with E-state index in [0.717, 1.165) is 34.8 Å². The lowest BCUT2D eigenvalue weighted by Gasteiger charge is -2.51. The van der Waals surface area contributed by atoms with Gasteiger partial charge < -0.3 is 90.7 Å². The van der Waals surface area contributed by atoms with E-state index in [4.69, 9.17) is 92.1 Å². The lowest BCUT2D eigenvalue weighted by atomic mass is 9.93. The van der Waals surface area contributed by atoms with Crippen molar-refractivity contribution in [2.45, 2.75) is 183 Å². The highest BCUT2D eigenvalue weighted by Crippen LogP contribution is 2.40. The summed E-state index contributed by atoms with van der Waals surface area (Å²) in [6, 6.07) is 21.8. The molecule has 33 heteroatoms. The Morgan fingerprint density at radius 3 is 1.47 bits per heavy atom. The first-order valence-electron chi connectivity index (χ1n) is 29.5. The Bertz CT molecular complexity index is 3100. The molecule has 0 radical (unpaired) electrons. The molecule has 0 aliphatic carbocycles. The number of unbranched alkanes of at least 4 members (excludes halogenated alkanes) is 1. The van der Waals surface area contributed by atoms with E-state index < -0.39 is 184 Å². The number of carbonyl (C=O) groups is 7. The molecular formula is C61H73ClN6O26. The van der Waals surface area contributed by atoms with Gasteiger partial charge in [-0.2, -0.15) is 0 Å². The van der Waals surface area contributed by atoms with Crippen molar-refractivity contribution in [3.63, 3.8) is 0 Å². The minimum Gasteiger partial charge on any atom is -0.479 e. The van der Waals surface area contributed by atoms with Crippen LogP contribution in [0.25, 0.3) is 20.9 Å². The zero-order valence-electron chi connectivity index (χ0n) is 51.6. The van der Waals surface area contributed by atoms with Gasteiger partial charge in [0.05, 0.1) is 33.5 Å². The number of nitrogens with zero attached hydrogens (tertiary/aromatic N) is 6. The summed E-state index contributed by atoms with van der Waals surface area (Å²) in [6.45, 7) is 5.40. The van der Waals surface area contributed by atoms with E-state index in [1.807, 2.05) is 0 Å². The molecule has 0 bridgehead atoms. The lowest BCUT2D eigenvalue weighted by molar-refractivity contribution is -0.376. The number of methoxy groups -OCH3 is 1. The Hall–Kier alpha value is -7.88. The third-order valence-corrected chi connectivity index (χ3v) is 15.0. The molecule has 3 aromatic carbocycles. The van der Waals surface area contributed by atoms with Crippen molar-refractivity contribution in [3.8, 4) is 0 Å². The number of benzene rings is 3. The first kappa shape index (κ1) is 73.5. The van der Waals surface area contributed by atoms with Gasteiger partial charge in [0, 0.05) is 37.5 Å². The second-order valence-corrected chi connectivity index (χ2v) is 21.7. The number of aliphatic carboxylic acids is 1. The van der Waals surface area contributed by atoms with Gasteiger partial charge in [0.1, 0.15) is 92.2 Å². The predicted octanol–water partition coefficient (Wildman–Crippen LogP) is 4.90. The number of hydrogen-bond acceptors (Lipinski definition) is 27. The summed E-state index contributed by atoms with van der Waals surface area (Å²) in [7, 11) is 0.978. The maximum atomic E-state index is 14.5. The molecule has 0 aromatic heterocycles. The van der Waals surface area contributed by atoms with E-state index in [-0.39, 0.29) is 26.4 Å². The molecule has 4 saturated heterocycles. The van der Waals surface area contributed by atoms with E-state index in [0.29, 0.717) is 29.5 Å². The van der Waals surface area contributed by atoms with Crippen LogP contribution in [0.4, 0.5) is 0 Å². The molecule has 510 valence electrons. The maximum Gasteiger partial charge on any atom is 0.337 e. The second kappa shape index (κ2) is 36.7. The number of aliphatic hydroxyl groups excluding tert-OH is 1. The van der Waals surface area contributed by atoms with Gasteiger partial charge >= 0.3 is 41.8 Å². The summed E-state index contributed by atoms with van der Waals surface area (Å²) in [4.78, 5) is 98.4. The summed E-state index contributed by atoms with van der Waals surface area (Å²) >= 11 is 5.99. The SMILES string of the molecule is C=CCCCO[C@@H]1O[C@H](C(=O)O)[C@@H](O[C@H]2O[C@H](COC(C)=O)[C@@H](O[C@@H]3O[C@@H](C(=O)OC)[C@@H](O[C@H]4O[C@H](COC(C)=O)[C@@H](O)[C@H](OC(C)=O)[C@H]4N=[N+]=[N-])[C@H](OCc4ccccc4)[C@H]3OC(C)=O)[C@H](OCc3ccccc3)[C@H]2N=[N+]=[N-])[C@H](OCc2ccccc2)[C@H]1OC(=O)CCl. The molecule has 4 heterocycles. The summed E-state index contributed by atoms with van der Waals surface area (Å²) in [5, 5.41) is 30.3. The van der Waals surface area contributed by atoms with Crippen LogP contribution in [0.5, 0.6) is 0 Å². The number of halogens is 1. The van der Waals surface area contributed by atoms with E-state index >= 15 is 0 Å². The monoisotopic (exact) mass is 1340 g/mol. The molecule has 0 unspecified atom stereocenters. The average molecular weight is 1340 g/mol. The number of azide groups is 2. The summed E-state index contributed by atoms with van der Waals surface area (Å²) in [5.74, 6) is -8.23. The highest BCUT2D eigenvalue weighted by atomic mass is 35.5. The summed E-state index contributed by atoms with van der Waals surface area (Å²) < 4.78 is 104. The molecule has 0 amide bonds. The van der Waals surface area contributed by atoms with Crippen molar-refractivity contribution in [2.75, 3.05) is 32.8 Å². The molecule has 0 saturated carbocycles. The van der Waals surface area contributed by atoms with Crippen molar-refractivity contribution in [3.05, 3.63) is 141 Å². The van der Waals surface area contributed by atoms with Crippen molar-refractivity contribution < 1.29 is 124 Å². The number of aliphatic hydroxyl groups is 1. The third kappa shape index (κ3) is 20.3. The van der Waals surface area contributed by atoms with Crippen LogP contribution < -0.4 is 0 Å². The van der Waals surface area contributed by atoms with Gasteiger partial charge in [0.25, 0.3) is 0 Å². The van der Waals surface area contributed by atoms with Gasteiger partial charge in [0.2, 0.25) is 0 Å². The van der Waals surface area contributed by atoms with Gasteiger partial charge in [-0.05, 0) is 40.6 Å². The topological polar surface area (TPSA) is 414 Å². The van der Waals surface area contributed by atoms with Crippen LogP contribution in [-0.4, -0.2) is 208 Å². The number of ether oxygens (including phenoxy) is 17. The number of carboxylic acid groups (broad SMARTS) is 1. The third-order valence-electron chi connectivity index (χ3n) is 14.7. The Balaban J connectivity index is 1.37. The lowest BCUT2D eigenvalue weighted by Crippen LogP contribution is -2.69. The largest absolute Gasteiger partial charge is 0.479 e. The van der Waals surface area contributed by atoms with Crippen molar-refractivity contribution in [1.82, 2.24) is 0 Å². The van der Waals surface area contributed by atoms with Gasteiger partial charge in [-0.3, -0.25) is 24.0 Å². The van der Waals surface area contributed by atoms with Crippen LogP contribution in [0.15, 0.2) is 114 Å². The van der Waals surface area contributed by atoms with E-state index in [2.05, 4.69) is 26.6 Å². The fourth-order valence-corrected chi connectivity index (χ4v) is 10.7. The van der Waals surface area contributed by atoms with Crippen LogP contribution >= 0.6 is 11.6 Å². The van der Waals surface area contributed by atoms with Crippen molar-refractivity contribution in [2.24, 2.45) is 10.2 Å². The highest BCUT2D eigenvalue weighted by molar-refractivity contribution is 6.26. The summed E-state index contributed by atoms with van der Waals surface area (Å²) in [5.41, 5.74) is 22.0. The molecule has 4 aliphatic heterocycles. The van der Waals surface area contributed by atoms with Crippen molar-refractivity contribution >= 4 is 53.4 Å². The number of esters is 6. The maximum absolute atomic E-state index is 14.5. The molecule has 3 aromatic rings. The van der Waals surface area contributed by atoms with Crippen LogP contribution in [0.2, 0.25) is 0 Å². The molecular weight excluding hydrogens is 1270 g/mol. The molecule has 4 aliphatic rings. The smallest absolute Gasteiger partial charge is 0.337 e. The summed E-state index contributed by atoms with van der Waals surface area (Å²) in [6.07, 6.45) is -30.6. The number of alkyl halides is 1. The number of carbonyl (C=O) groups excluding carboxylic acids is 6. The standard InChI is InChI=1S/C61H73ClN6O26/c1-7-8-18-25-79-60-54(89-41(73)26-62)48(83-28-37-21-14-10-15-22-37)50(52(93-60)56(75)76)91-59-43(66-68-64)47(82-27-36-19-12-9-13-20-36)45(40(88-59)31-81-33(3)70)90-61-55(86-35(5)72)49(84-29-38-23-16-11-17-24-38)51(53(94-61)57(77)78-6)92-58-42(65-67-63)46(85-34(4)71)44(74)39(87-58)30-80-32(2)69/h7,9-17,19-24,39-40,42-55,58-61,74H,1,8,18,25-31H2,2-6H3,(H,75,76)/t39-,40-,42-,43-,44-,45-,46-,47-,48+,49+,50+,51+,52+,53-,54-,55-,58-,59-,60-,61-/m1/s1. The Kier molecular flexibility index (Phi) is 28.7.